The van der Waals surface area contributed by atoms with Crippen LogP contribution in [0.1, 0.15) is 19.3 Å². The summed E-state index contributed by atoms with van der Waals surface area (Å²) in [4.78, 5) is 23.4. The number of nitrogens with zero attached hydrogens (tertiary/aromatic N) is 2. The van der Waals surface area contributed by atoms with Gasteiger partial charge in [-0.05, 0) is 38.4 Å². The average molecular weight is 400 g/mol. The fourth-order valence-corrected chi connectivity index (χ4v) is 4.29. The van der Waals surface area contributed by atoms with Crippen LogP contribution in [-0.4, -0.2) is 57.4 Å². The second kappa shape index (κ2) is 9.11. The first-order valence-electron chi connectivity index (χ1n) is 8.58. The van der Waals surface area contributed by atoms with Crippen LogP contribution in [0.25, 0.3) is 0 Å². The van der Waals surface area contributed by atoms with Crippen molar-refractivity contribution in [2.45, 2.75) is 24.2 Å². The minimum absolute atomic E-state index is 0.0861. The standard InChI is InChI=1S/C16H24N4O6S/c1-26-14-10-13(20(22)23)5-6-15(14)27(24,25)18-7-3-9-19-8-2-4-12(11-19)16(17)21/h5-6,10,12,18H,2-4,7-9,11H2,1H3,(H2,17,21). The number of primary amides is 1. The fourth-order valence-electron chi connectivity index (χ4n) is 3.07. The van der Waals surface area contributed by atoms with E-state index in [1.165, 1.54) is 7.11 Å². The molecule has 10 nitrogen and oxygen atoms in total. The summed E-state index contributed by atoms with van der Waals surface area (Å²) in [6.07, 6.45) is 2.23. The van der Waals surface area contributed by atoms with Gasteiger partial charge in [-0.25, -0.2) is 13.1 Å². The second-order valence-electron chi connectivity index (χ2n) is 6.39. The molecule has 0 spiro atoms. The van der Waals surface area contributed by atoms with Gasteiger partial charge >= 0.3 is 0 Å². The maximum Gasteiger partial charge on any atom is 0.273 e. The highest BCUT2D eigenvalue weighted by Crippen LogP contribution is 2.28. The van der Waals surface area contributed by atoms with Crippen LogP contribution in [-0.2, 0) is 14.8 Å². The average Bonchev–Trinajstić information content (AvgIpc) is 2.64. The summed E-state index contributed by atoms with van der Waals surface area (Å²) in [6, 6.07) is 3.35. The summed E-state index contributed by atoms with van der Waals surface area (Å²) in [5, 5.41) is 10.8. The molecule has 2 rings (SSSR count). The Hall–Kier alpha value is -2.24. The second-order valence-corrected chi connectivity index (χ2v) is 8.12. The highest BCUT2D eigenvalue weighted by atomic mass is 32.2. The van der Waals surface area contributed by atoms with Gasteiger partial charge in [0, 0.05) is 19.2 Å². The van der Waals surface area contributed by atoms with Crippen molar-refractivity contribution in [1.82, 2.24) is 9.62 Å². The molecular formula is C16H24N4O6S. The summed E-state index contributed by atoms with van der Waals surface area (Å²) in [5.74, 6) is -0.539. The number of non-ortho nitro benzene ring substituents is 1. The van der Waals surface area contributed by atoms with E-state index in [4.69, 9.17) is 10.5 Å². The SMILES string of the molecule is COc1cc([N+](=O)[O-])ccc1S(=O)(=O)NCCCN1CCCC(C(N)=O)C1. The van der Waals surface area contributed by atoms with Gasteiger partial charge in [-0.3, -0.25) is 14.9 Å². The predicted octanol–water partition coefficient (Wildman–Crippen LogP) is 0.469. The highest BCUT2D eigenvalue weighted by molar-refractivity contribution is 7.89. The van der Waals surface area contributed by atoms with E-state index in [-0.39, 0.29) is 34.7 Å². The third-order valence-corrected chi connectivity index (χ3v) is 6.00. The summed E-state index contributed by atoms with van der Waals surface area (Å²) in [7, 11) is -2.61. The Morgan fingerprint density at radius 1 is 1.48 bits per heavy atom. The van der Waals surface area contributed by atoms with Gasteiger partial charge < -0.3 is 15.4 Å². The number of piperidine rings is 1. The van der Waals surface area contributed by atoms with Crippen molar-refractivity contribution in [1.29, 1.82) is 0 Å². The number of nitro groups is 1. The van der Waals surface area contributed by atoms with Crippen LogP contribution in [0, 0.1) is 16.0 Å². The number of nitrogens with one attached hydrogen (secondary N) is 1. The first kappa shape index (κ1) is 21.1. The maximum absolute atomic E-state index is 12.4. The highest BCUT2D eigenvalue weighted by Gasteiger charge is 2.24. The molecule has 1 aromatic carbocycles. The van der Waals surface area contributed by atoms with Crippen molar-refractivity contribution in [2.24, 2.45) is 11.7 Å². The number of carbonyl (C=O) groups is 1. The smallest absolute Gasteiger partial charge is 0.273 e. The zero-order valence-electron chi connectivity index (χ0n) is 15.1. The molecular weight excluding hydrogens is 376 g/mol. The van der Waals surface area contributed by atoms with Crippen LogP contribution in [0.2, 0.25) is 0 Å². The number of benzene rings is 1. The number of sulfonamides is 1. The van der Waals surface area contributed by atoms with Crippen molar-refractivity contribution < 1.29 is 22.9 Å². The number of methoxy groups -OCH3 is 1. The monoisotopic (exact) mass is 400 g/mol. The number of rotatable bonds is 9. The summed E-state index contributed by atoms with van der Waals surface area (Å²) < 4.78 is 32.4. The van der Waals surface area contributed by atoms with E-state index >= 15 is 0 Å². The molecule has 0 radical (unpaired) electrons. The van der Waals surface area contributed by atoms with Gasteiger partial charge in [-0.1, -0.05) is 0 Å². The molecule has 1 saturated heterocycles. The molecule has 0 aromatic heterocycles. The molecule has 3 N–H and O–H groups in total. The first-order chi connectivity index (χ1) is 12.7. The Kier molecular flexibility index (Phi) is 7.11. The van der Waals surface area contributed by atoms with Crippen LogP contribution in [0.4, 0.5) is 5.69 Å². The Morgan fingerprint density at radius 3 is 2.85 bits per heavy atom. The molecule has 150 valence electrons. The quantitative estimate of drug-likeness (QED) is 0.348. The minimum Gasteiger partial charge on any atom is -0.495 e. The number of amides is 1. The van der Waals surface area contributed by atoms with Crippen molar-refractivity contribution in [3.05, 3.63) is 28.3 Å². The Balaban J connectivity index is 1.91. The largest absolute Gasteiger partial charge is 0.495 e. The van der Waals surface area contributed by atoms with Gasteiger partial charge in [-0.2, -0.15) is 0 Å². The molecule has 1 aromatic rings. The summed E-state index contributed by atoms with van der Waals surface area (Å²) in [5.41, 5.74) is 5.10. The molecule has 1 unspecified atom stereocenters. The van der Waals surface area contributed by atoms with Crippen molar-refractivity contribution in [2.75, 3.05) is 33.3 Å². The van der Waals surface area contributed by atoms with Crippen molar-refractivity contribution in [3.8, 4) is 5.75 Å². The molecule has 0 saturated carbocycles. The van der Waals surface area contributed by atoms with E-state index in [0.29, 0.717) is 19.5 Å². The van der Waals surface area contributed by atoms with Gasteiger partial charge in [0.25, 0.3) is 5.69 Å². The normalized spacial score (nSPS) is 18.2. The zero-order chi connectivity index (χ0) is 20.0. The number of nitro benzene ring substituents is 1. The molecule has 1 heterocycles. The molecule has 1 atom stereocenters. The molecule has 1 amide bonds. The Labute approximate surface area is 157 Å². The van der Waals surface area contributed by atoms with Crippen LogP contribution in [0.15, 0.2) is 23.1 Å². The fraction of sp³-hybridized carbons (Fsp3) is 0.562. The Morgan fingerprint density at radius 2 is 2.22 bits per heavy atom. The molecule has 1 aliphatic heterocycles. The van der Waals surface area contributed by atoms with E-state index in [9.17, 15) is 23.3 Å². The lowest BCUT2D eigenvalue weighted by molar-refractivity contribution is -0.385. The van der Waals surface area contributed by atoms with E-state index in [0.717, 1.165) is 37.6 Å². The topological polar surface area (TPSA) is 145 Å². The Bertz CT molecular complexity index is 798. The number of hydrogen-bond donors (Lipinski definition) is 2. The lowest BCUT2D eigenvalue weighted by Crippen LogP contribution is -2.42. The number of carbonyl (C=O) groups excluding carboxylic acids is 1. The predicted molar refractivity (Wildman–Crippen MR) is 97.8 cm³/mol. The van der Waals surface area contributed by atoms with E-state index in [2.05, 4.69) is 9.62 Å². The third-order valence-electron chi connectivity index (χ3n) is 4.50. The zero-order valence-corrected chi connectivity index (χ0v) is 15.9. The maximum atomic E-state index is 12.4. The van der Waals surface area contributed by atoms with Gasteiger partial charge in [0.1, 0.15) is 10.6 Å². The molecule has 1 fully saturated rings. The van der Waals surface area contributed by atoms with Gasteiger partial charge in [0.15, 0.2) is 0 Å². The lowest BCUT2D eigenvalue weighted by Gasteiger charge is -2.31. The van der Waals surface area contributed by atoms with Crippen molar-refractivity contribution in [3.63, 3.8) is 0 Å². The molecule has 0 bridgehead atoms. The number of likely N-dealkylation sites (tertiary alicyclic amines) is 1. The molecule has 0 aliphatic carbocycles. The molecule has 27 heavy (non-hydrogen) atoms. The van der Waals surface area contributed by atoms with E-state index in [1.807, 2.05) is 0 Å². The van der Waals surface area contributed by atoms with Crippen LogP contribution in [0.3, 0.4) is 0 Å². The van der Waals surface area contributed by atoms with E-state index in [1.54, 1.807) is 0 Å². The molecule has 11 heteroatoms. The van der Waals surface area contributed by atoms with Crippen LogP contribution in [0.5, 0.6) is 5.75 Å². The molecule has 1 aliphatic rings. The van der Waals surface area contributed by atoms with Crippen molar-refractivity contribution >= 4 is 21.6 Å². The number of hydrogen-bond acceptors (Lipinski definition) is 7. The van der Waals surface area contributed by atoms with Gasteiger partial charge in [0.05, 0.1) is 24.0 Å². The lowest BCUT2D eigenvalue weighted by atomic mass is 9.97. The number of ether oxygens (including phenoxy) is 1. The minimum atomic E-state index is -3.86. The summed E-state index contributed by atoms with van der Waals surface area (Å²) >= 11 is 0. The van der Waals surface area contributed by atoms with Crippen LogP contribution >= 0.6 is 0 Å². The van der Waals surface area contributed by atoms with Crippen LogP contribution < -0.4 is 15.2 Å². The first-order valence-corrected chi connectivity index (χ1v) is 10.1. The number of nitrogens with two attached hydrogens (primary N) is 1. The van der Waals surface area contributed by atoms with E-state index < -0.39 is 14.9 Å². The third kappa shape index (κ3) is 5.62. The summed E-state index contributed by atoms with van der Waals surface area (Å²) in [6.45, 7) is 2.29. The van der Waals surface area contributed by atoms with Gasteiger partial charge in [0.2, 0.25) is 15.9 Å². The van der Waals surface area contributed by atoms with Gasteiger partial charge in [-0.15, -0.1) is 0 Å².